The van der Waals surface area contributed by atoms with Crippen molar-refractivity contribution in [2.24, 2.45) is 0 Å². The number of amides is 2. The van der Waals surface area contributed by atoms with E-state index in [-0.39, 0.29) is 18.4 Å². The molecule has 0 bridgehead atoms. The molecule has 1 aliphatic heterocycles. The van der Waals surface area contributed by atoms with Crippen LogP contribution in [0, 0.1) is 0 Å². The highest BCUT2D eigenvalue weighted by Crippen LogP contribution is 2.22. The zero-order valence-corrected chi connectivity index (χ0v) is 11.8. The first kappa shape index (κ1) is 14.5. The molecule has 0 aliphatic carbocycles. The third kappa shape index (κ3) is 2.80. The van der Waals surface area contributed by atoms with Crippen LogP contribution < -0.4 is 0 Å². The van der Waals surface area contributed by atoms with Crippen molar-refractivity contribution >= 4 is 11.8 Å². The van der Waals surface area contributed by atoms with Crippen molar-refractivity contribution in [1.29, 1.82) is 0 Å². The van der Waals surface area contributed by atoms with Crippen molar-refractivity contribution in [2.75, 3.05) is 26.7 Å². The lowest BCUT2D eigenvalue weighted by molar-refractivity contribution is -0.129. The summed E-state index contributed by atoms with van der Waals surface area (Å²) in [4.78, 5) is 31.1. The van der Waals surface area contributed by atoms with Crippen LogP contribution in [0.1, 0.15) is 28.4 Å². The van der Waals surface area contributed by atoms with Crippen molar-refractivity contribution in [3.8, 4) is 0 Å². The van der Waals surface area contributed by atoms with Gasteiger partial charge >= 0.3 is 0 Å². The van der Waals surface area contributed by atoms with Crippen LogP contribution in [-0.2, 0) is 17.8 Å². The summed E-state index contributed by atoms with van der Waals surface area (Å²) in [6.45, 7) is 2.90. The summed E-state index contributed by atoms with van der Waals surface area (Å²) in [6.07, 6.45) is 3.94. The Morgan fingerprint density at radius 1 is 1.45 bits per heavy atom. The van der Waals surface area contributed by atoms with Crippen LogP contribution in [0.2, 0.25) is 0 Å². The number of likely N-dealkylation sites (N-methyl/N-ethyl adjacent to an activating group) is 1. The molecular formula is C14H19N3O3. The molecule has 1 aliphatic rings. The van der Waals surface area contributed by atoms with E-state index < -0.39 is 0 Å². The minimum atomic E-state index is -0.139. The summed E-state index contributed by atoms with van der Waals surface area (Å²) in [5.41, 5.74) is 2.46. The molecule has 0 saturated carbocycles. The molecule has 6 nitrogen and oxygen atoms in total. The number of pyridine rings is 1. The van der Waals surface area contributed by atoms with E-state index in [0.717, 1.165) is 11.1 Å². The third-order valence-corrected chi connectivity index (χ3v) is 3.60. The number of aromatic nitrogens is 1. The maximum atomic E-state index is 12.3. The van der Waals surface area contributed by atoms with E-state index in [1.165, 1.54) is 4.90 Å². The van der Waals surface area contributed by atoms with Crippen LogP contribution in [0.15, 0.2) is 12.4 Å². The summed E-state index contributed by atoms with van der Waals surface area (Å²) in [6, 6.07) is 0. The first-order valence-electron chi connectivity index (χ1n) is 6.62. The molecule has 0 saturated heterocycles. The lowest BCUT2D eigenvalue weighted by Crippen LogP contribution is -2.36. The van der Waals surface area contributed by atoms with Gasteiger partial charge in [-0.2, -0.15) is 0 Å². The van der Waals surface area contributed by atoms with Gasteiger partial charge in [0.15, 0.2) is 0 Å². The number of rotatable bonds is 3. The van der Waals surface area contributed by atoms with Crippen molar-refractivity contribution in [2.45, 2.75) is 19.9 Å². The number of carbonyl (C=O) groups is 2. The van der Waals surface area contributed by atoms with Crippen LogP contribution in [0.4, 0.5) is 0 Å². The molecule has 0 aromatic carbocycles. The van der Waals surface area contributed by atoms with Crippen molar-refractivity contribution < 1.29 is 14.7 Å². The molecule has 2 amide bonds. The lowest BCUT2D eigenvalue weighted by Gasteiger charge is -2.29. The maximum absolute atomic E-state index is 12.3. The van der Waals surface area contributed by atoms with E-state index in [9.17, 15) is 9.59 Å². The zero-order valence-electron chi connectivity index (χ0n) is 11.8. The van der Waals surface area contributed by atoms with Gasteiger partial charge in [0.2, 0.25) is 5.91 Å². The number of aliphatic hydroxyl groups excluding tert-OH is 1. The topological polar surface area (TPSA) is 73.7 Å². The summed E-state index contributed by atoms with van der Waals surface area (Å²) < 4.78 is 0. The van der Waals surface area contributed by atoms with Gasteiger partial charge in [0.25, 0.3) is 5.91 Å². The average molecular weight is 277 g/mol. The highest BCUT2D eigenvalue weighted by atomic mass is 16.3. The fourth-order valence-electron chi connectivity index (χ4n) is 2.40. The molecule has 108 valence electrons. The number of hydrogen-bond donors (Lipinski definition) is 1. The van der Waals surface area contributed by atoms with Gasteiger partial charge in [0.05, 0.1) is 12.2 Å². The normalized spacial score (nSPS) is 13.8. The SMILES string of the molecule is CC(=O)N1CCc2c(cncc2C(=O)N(C)CCO)C1. The molecule has 0 radical (unpaired) electrons. The van der Waals surface area contributed by atoms with Crippen LogP contribution in [0.3, 0.4) is 0 Å². The van der Waals surface area contributed by atoms with Crippen LogP contribution in [-0.4, -0.2) is 58.4 Å². The fraction of sp³-hybridized carbons (Fsp3) is 0.500. The molecule has 1 N–H and O–H groups in total. The van der Waals surface area contributed by atoms with Crippen LogP contribution >= 0.6 is 0 Å². The Labute approximate surface area is 118 Å². The van der Waals surface area contributed by atoms with Crippen molar-refractivity contribution in [3.05, 3.63) is 29.1 Å². The number of aliphatic hydroxyl groups is 1. The first-order valence-corrected chi connectivity index (χ1v) is 6.62. The monoisotopic (exact) mass is 277 g/mol. The Bertz CT molecular complexity index is 530. The van der Waals surface area contributed by atoms with Gasteiger partial charge in [-0.1, -0.05) is 0 Å². The number of nitrogens with zero attached hydrogens (tertiary/aromatic N) is 3. The third-order valence-electron chi connectivity index (χ3n) is 3.60. The van der Waals surface area contributed by atoms with E-state index in [1.54, 1.807) is 31.3 Å². The molecule has 1 aromatic heterocycles. The summed E-state index contributed by atoms with van der Waals surface area (Å²) in [5, 5.41) is 8.91. The maximum Gasteiger partial charge on any atom is 0.255 e. The van der Waals surface area contributed by atoms with E-state index >= 15 is 0 Å². The molecule has 6 heteroatoms. The second kappa shape index (κ2) is 6.00. The quantitative estimate of drug-likeness (QED) is 0.847. The highest BCUT2D eigenvalue weighted by molar-refractivity contribution is 5.95. The first-order chi connectivity index (χ1) is 9.54. The molecule has 0 atom stereocenters. The standard InChI is InChI=1S/C14H19N3O3/c1-10(19)17-4-3-12-11(9-17)7-15-8-13(12)14(20)16(2)5-6-18/h7-8,18H,3-6,9H2,1-2H3. The lowest BCUT2D eigenvalue weighted by atomic mass is 9.96. The van der Waals surface area contributed by atoms with E-state index in [2.05, 4.69) is 4.98 Å². The van der Waals surface area contributed by atoms with Crippen LogP contribution in [0.25, 0.3) is 0 Å². The van der Waals surface area contributed by atoms with Gasteiger partial charge in [-0.25, -0.2) is 0 Å². The van der Waals surface area contributed by atoms with E-state index in [0.29, 0.717) is 31.6 Å². The van der Waals surface area contributed by atoms with E-state index in [4.69, 9.17) is 5.11 Å². The average Bonchev–Trinajstić information content (AvgIpc) is 2.45. The van der Waals surface area contributed by atoms with Gasteiger partial charge in [-0.3, -0.25) is 14.6 Å². The van der Waals surface area contributed by atoms with Crippen LogP contribution in [0.5, 0.6) is 0 Å². The Morgan fingerprint density at radius 2 is 2.20 bits per heavy atom. The predicted octanol–water partition coefficient (Wildman–Crippen LogP) is 0.0505. The van der Waals surface area contributed by atoms with E-state index in [1.807, 2.05) is 0 Å². The Kier molecular flexibility index (Phi) is 4.34. The molecular weight excluding hydrogens is 258 g/mol. The molecule has 0 spiro atoms. The number of carbonyl (C=O) groups excluding carboxylic acids is 2. The fourth-order valence-corrected chi connectivity index (χ4v) is 2.40. The second-order valence-electron chi connectivity index (χ2n) is 4.97. The molecule has 1 aromatic rings. The summed E-state index contributed by atoms with van der Waals surface area (Å²) in [7, 11) is 1.66. The smallest absolute Gasteiger partial charge is 0.255 e. The van der Waals surface area contributed by atoms with Crippen molar-refractivity contribution in [3.63, 3.8) is 0 Å². The predicted molar refractivity (Wildman–Crippen MR) is 73.1 cm³/mol. The summed E-state index contributed by atoms with van der Waals surface area (Å²) >= 11 is 0. The van der Waals surface area contributed by atoms with Gasteiger partial charge in [0, 0.05) is 46.0 Å². The molecule has 2 heterocycles. The minimum Gasteiger partial charge on any atom is -0.395 e. The van der Waals surface area contributed by atoms with Gasteiger partial charge in [-0.05, 0) is 17.5 Å². The Morgan fingerprint density at radius 3 is 2.85 bits per heavy atom. The molecule has 0 fully saturated rings. The molecule has 20 heavy (non-hydrogen) atoms. The molecule has 0 unspecified atom stereocenters. The summed E-state index contributed by atoms with van der Waals surface area (Å²) in [5.74, 6) is -0.107. The number of hydrogen-bond acceptors (Lipinski definition) is 4. The minimum absolute atomic E-state index is 0.0322. The Balaban J connectivity index is 2.28. The van der Waals surface area contributed by atoms with Gasteiger partial charge in [-0.15, -0.1) is 0 Å². The number of fused-ring (bicyclic) bond motifs is 1. The van der Waals surface area contributed by atoms with Crippen molar-refractivity contribution in [1.82, 2.24) is 14.8 Å². The second-order valence-corrected chi connectivity index (χ2v) is 4.97. The molecule has 2 rings (SSSR count). The van der Waals surface area contributed by atoms with Gasteiger partial charge in [0.1, 0.15) is 0 Å². The zero-order chi connectivity index (χ0) is 14.7. The Hall–Kier alpha value is -1.95. The highest BCUT2D eigenvalue weighted by Gasteiger charge is 2.24. The largest absolute Gasteiger partial charge is 0.395 e. The van der Waals surface area contributed by atoms with Gasteiger partial charge < -0.3 is 14.9 Å².